The highest BCUT2D eigenvalue weighted by Crippen LogP contribution is 2.34. The Kier molecular flexibility index (Phi) is 9.22. The lowest BCUT2D eigenvalue weighted by atomic mass is 10.1. The molecule has 0 unspecified atom stereocenters. The smallest absolute Gasteiger partial charge is 0.473 e. The maximum absolute atomic E-state index is 13.2. The summed E-state index contributed by atoms with van der Waals surface area (Å²) >= 11 is 0.930. The van der Waals surface area contributed by atoms with E-state index in [9.17, 15) is 35.9 Å². The Bertz CT molecular complexity index is 1760. The van der Waals surface area contributed by atoms with Crippen LogP contribution in [0.1, 0.15) is 11.1 Å². The minimum atomic E-state index is -4.80. The number of ether oxygens (including phenoxy) is 2. The fourth-order valence-corrected chi connectivity index (χ4v) is 5.12. The van der Waals surface area contributed by atoms with Crippen LogP contribution >= 0.6 is 11.8 Å². The number of amides is 3. The van der Waals surface area contributed by atoms with Gasteiger partial charge >= 0.3 is 18.6 Å². The molecule has 3 aromatic carbocycles. The van der Waals surface area contributed by atoms with Crippen LogP contribution in [-0.2, 0) is 11.2 Å². The number of benzene rings is 3. The van der Waals surface area contributed by atoms with Gasteiger partial charge in [0, 0.05) is 5.56 Å². The molecule has 0 saturated carbocycles. The summed E-state index contributed by atoms with van der Waals surface area (Å²) in [5.74, 6) is -0.280. The molecule has 1 fully saturated rings. The van der Waals surface area contributed by atoms with Crippen LogP contribution in [0.2, 0.25) is 0 Å². The normalized spacial score (nSPS) is 14.5. The van der Waals surface area contributed by atoms with E-state index in [1.54, 1.807) is 31.2 Å². The Labute approximate surface area is 261 Å². The van der Waals surface area contributed by atoms with Crippen molar-refractivity contribution in [1.82, 2.24) is 20.1 Å². The molecule has 0 spiro atoms. The number of halogens is 6. The zero-order valence-corrected chi connectivity index (χ0v) is 24.4. The third-order valence-corrected chi connectivity index (χ3v) is 7.16. The molecule has 4 aromatic rings. The number of hydrogen-bond acceptors (Lipinski definition) is 7. The molecule has 1 N–H and O–H groups in total. The second kappa shape index (κ2) is 13.1. The first-order valence-corrected chi connectivity index (χ1v) is 14.2. The van der Waals surface area contributed by atoms with E-state index >= 15 is 0 Å². The van der Waals surface area contributed by atoms with Gasteiger partial charge in [0.2, 0.25) is 5.91 Å². The van der Waals surface area contributed by atoms with Crippen LogP contribution in [-0.4, -0.2) is 56.9 Å². The van der Waals surface area contributed by atoms with Gasteiger partial charge in [-0.2, -0.15) is 18.2 Å². The van der Waals surface area contributed by atoms with Gasteiger partial charge in [0.25, 0.3) is 0 Å². The van der Waals surface area contributed by atoms with Gasteiger partial charge in [0.05, 0.1) is 23.5 Å². The molecule has 5 rings (SSSR count). The van der Waals surface area contributed by atoms with Gasteiger partial charge in [-0.1, -0.05) is 23.9 Å². The predicted octanol–water partition coefficient (Wildman–Crippen LogP) is 6.43. The van der Waals surface area contributed by atoms with Gasteiger partial charge in [-0.3, -0.25) is 9.69 Å². The molecule has 1 aliphatic heterocycles. The van der Waals surface area contributed by atoms with Crippen molar-refractivity contribution in [2.45, 2.75) is 25.9 Å². The highest BCUT2D eigenvalue weighted by Gasteiger charge is 2.35. The number of hydrogen-bond donors (Lipinski definition) is 1. The van der Waals surface area contributed by atoms with Crippen molar-refractivity contribution in [2.24, 2.45) is 4.99 Å². The van der Waals surface area contributed by atoms with Gasteiger partial charge in [0.1, 0.15) is 17.8 Å². The zero-order chi connectivity index (χ0) is 33.1. The van der Waals surface area contributed by atoms with Gasteiger partial charge in [0.15, 0.2) is 17.7 Å². The van der Waals surface area contributed by atoms with Gasteiger partial charge < -0.3 is 14.8 Å². The number of amidine groups is 1. The number of aromatic nitrogens is 3. The second-order valence-electron chi connectivity index (χ2n) is 9.69. The zero-order valence-electron chi connectivity index (χ0n) is 23.6. The monoisotopic (exact) mass is 664 g/mol. The summed E-state index contributed by atoms with van der Waals surface area (Å²) in [6.45, 7) is 1.37. The Balaban J connectivity index is 1.18. The van der Waals surface area contributed by atoms with Crippen molar-refractivity contribution < 1.29 is 45.4 Å². The number of anilines is 1. The van der Waals surface area contributed by atoms with Crippen LogP contribution in [0.25, 0.3) is 17.1 Å². The lowest BCUT2D eigenvalue weighted by molar-refractivity contribution is -0.274. The molecule has 2 heterocycles. The third kappa shape index (κ3) is 8.35. The van der Waals surface area contributed by atoms with Crippen molar-refractivity contribution in [1.29, 1.82) is 0 Å². The van der Waals surface area contributed by atoms with Crippen LogP contribution in [0.4, 0.5) is 36.8 Å². The highest BCUT2D eigenvalue weighted by atomic mass is 32.2. The first kappa shape index (κ1) is 32.3. The summed E-state index contributed by atoms with van der Waals surface area (Å²) in [5, 5.41) is 6.68. The highest BCUT2D eigenvalue weighted by molar-refractivity contribution is 8.15. The fraction of sp³-hybridized carbons (Fsp3) is 0.207. The Morgan fingerprint density at radius 3 is 2.37 bits per heavy atom. The number of aliphatic imine (C=N–C) groups is 1. The predicted molar refractivity (Wildman–Crippen MR) is 156 cm³/mol. The standard InChI is InChI=1S/C29H22F6N6O4S/c1-17-2-3-19(13-28(30,31)32)23(12-17)41-24(42)14-46-27(41)38-26(43)37-16-44-21-8-4-18(5-9-21)25-36-15-40(39-25)20-6-10-22(11-7-20)45-29(33,34)35/h2-12,15H,13-14,16H2,1H3,(H,37,43). The quantitative estimate of drug-likeness (QED) is 0.171. The van der Waals surface area contributed by atoms with Crippen molar-refractivity contribution in [2.75, 3.05) is 17.4 Å². The summed E-state index contributed by atoms with van der Waals surface area (Å²) in [6, 6.07) is 15.0. The Morgan fingerprint density at radius 2 is 1.70 bits per heavy atom. The number of carbonyl (C=O) groups is 2. The molecule has 46 heavy (non-hydrogen) atoms. The van der Waals surface area contributed by atoms with Crippen molar-refractivity contribution in [3.8, 4) is 28.6 Å². The molecule has 0 radical (unpaired) electrons. The first-order valence-electron chi connectivity index (χ1n) is 13.2. The average Bonchev–Trinajstić information content (AvgIpc) is 3.60. The molecule has 1 aromatic heterocycles. The summed E-state index contributed by atoms with van der Waals surface area (Å²) < 4.78 is 87.4. The summed E-state index contributed by atoms with van der Waals surface area (Å²) in [6.07, 6.45) is -9.16. The van der Waals surface area contributed by atoms with Crippen LogP contribution < -0.4 is 19.7 Å². The van der Waals surface area contributed by atoms with E-state index in [1.165, 1.54) is 41.3 Å². The lowest BCUT2D eigenvalue weighted by Crippen LogP contribution is -2.33. The van der Waals surface area contributed by atoms with E-state index in [4.69, 9.17) is 4.74 Å². The molecule has 0 bridgehead atoms. The largest absolute Gasteiger partial charge is 0.573 e. The summed E-state index contributed by atoms with van der Waals surface area (Å²) in [5.41, 5.74) is 1.58. The fourth-order valence-electron chi connectivity index (χ4n) is 4.26. The molecule has 3 amide bonds. The maximum atomic E-state index is 13.2. The van der Waals surface area contributed by atoms with Gasteiger partial charge in [-0.15, -0.1) is 18.3 Å². The van der Waals surface area contributed by atoms with E-state index < -0.39 is 30.9 Å². The SMILES string of the molecule is Cc1ccc(CC(F)(F)F)c(N2C(=O)CSC2=NC(=O)NCOc2ccc(-c3ncn(-c4ccc(OC(F)(F)F)cc4)n3)cc2)c1. The number of aryl methyl sites for hydroxylation is 1. The van der Waals surface area contributed by atoms with Crippen molar-refractivity contribution in [3.63, 3.8) is 0 Å². The van der Waals surface area contributed by atoms with E-state index in [0.717, 1.165) is 28.8 Å². The third-order valence-electron chi connectivity index (χ3n) is 6.24. The van der Waals surface area contributed by atoms with Crippen LogP contribution in [0.15, 0.2) is 78.0 Å². The molecular formula is C29H22F6N6O4S. The van der Waals surface area contributed by atoms with E-state index in [2.05, 4.69) is 25.1 Å². The molecule has 17 heteroatoms. The summed E-state index contributed by atoms with van der Waals surface area (Å²) in [4.78, 5) is 34.2. The van der Waals surface area contributed by atoms with Crippen LogP contribution in [0, 0.1) is 6.92 Å². The van der Waals surface area contributed by atoms with Crippen molar-refractivity contribution in [3.05, 3.63) is 84.2 Å². The molecule has 0 atom stereocenters. The Hall–Kier alpha value is -5.06. The van der Waals surface area contributed by atoms with Crippen molar-refractivity contribution >= 4 is 34.6 Å². The molecular weight excluding hydrogens is 642 g/mol. The van der Waals surface area contributed by atoms with E-state index in [-0.39, 0.29) is 34.7 Å². The molecule has 10 nitrogen and oxygen atoms in total. The second-order valence-corrected chi connectivity index (χ2v) is 10.6. The Morgan fingerprint density at radius 1 is 1.00 bits per heavy atom. The van der Waals surface area contributed by atoms with Gasteiger partial charge in [-0.05, 0) is 72.6 Å². The van der Waals surface area contributed by atoms with Gasteiger partial charge in [-0.25, -0.2) is 14.5 Å². The average molecular weight is 665 g/mol. The number of thioether (sulfide) groups is 1. The molecule has 0 aliphatic carbocycles. The molecule has 1 aliphatic rings. The molecule has 1 saturated heterocycles. The number of urea groups is 1. The van der Waals surface area contributed by atoms with E-state index in [1.807, 2.05) is 0 Å². The summed E-state index contributed by atoms with van der Waals surface area (Å²) in [7, 11) is 0. The number of nitrogens with one attached hydrogen (secondary N) is 1. The van der Waals surface area contributed by atoms with Crippen LogP contribution in [0.3, 0.4) is 0 Å². The number of alkyl halides is 6. The van der Waals surface area contributed by atoms with Crippen LogP contribution in [0.5, 0.6) is 11.5 Å². The number of rotatable bonds is 8. The lowest BCUT2D eigenvalue weighted by Gasteiger charge is -2.21. The number of carbonyl (C=O) groups excluding carboxylic acids is 2. The minimum Gasteiger partial charge on any atom is -0.473 e. The topological polar surface area (TPSA) is 111 Å². The maximum Gasteiger partial charge on any atom is 0.573 e. The minimum absolute atomic E-state index is 0.0166. The molecule has 240 valence electrons. The first-order chi connectivity index (χ1) is 21.7. The number of nitrogens with zero attached hydrogens (tertiary/aromatic N) is 5. The van der Waals surface area contributed by atoms with E-state index in [0.29, 0.717) is 28.4 Å².